The van der Waals surface area contributed by atoms with Crippen molar-refractivity contribution < 1.29 is 4.92 Å². The zero-order valence-electron chi connectivity index (χ0n) is 14.4. The largest absolute Gasteiger partial charge is 0.315 e. The van der Waals surface area contributed by atoms with Crippen LogP contribution in [-0.4, -0.2) is 9.91 Å². The number of nitriles is 2. The summed E-state index contributed by atoms with van der Waals surface area (Å²) < 4.78 is 0. The van der Waals surface area contributed by atoms with Crippen molar-refractivity contribution >= 4 is 17.4 Å². The van der Waals surface area contributed by atoms with Gasteiger partial charge in [-0.15, -0.1) is 11.8 Å². The van der Waals surface area contributed by atoms with Gasteiger partial charge in [-0.1, -0.05) is 42.5 Å². The van der Waals surface area contributed by atoms with E-state index in [9.17, 15) is 25.4 Å². The molecule has 3 rings (SSSR count). The first-order valence-corrected chi connectivity index (χ1v) is 9.05. The normalized spacial score (nSPS) is 10.1. The Kier molecular flexibility index (Phi) is 5.54. The fraction of sp³-hybridized carbons (Fsp3) is 0.0500. The molecule has 0 spiro atoms. The summed E-state index contributed by atoms with van der Waals surface area (Å²) in [5, 5.41) is 30.4. The molecule has 0 unspecified atom stereocenters. The Bertz CT molecular complexity index is 1190. The van der Waals surface area contributed by atoms with Gasteiger partial charge in [0.2, 0.25) is 0 Å². The quantitative estimate of drug-likeness (QED) is 0.400. The van der Waals surface area contributed by atoms with Gasteiger partial charge in [-0.3, -0.25) is 14.9 Å². The standard InChI is InChI=1S/C20H12N4O3S/c21-10-16-18(14-6-2-1-3-7-14)17(11-22)20(23-19(16)25)28-12-13-5-4-8-15(9-13)24(26)27/h1-9H,12H2,(H,23,25). The van der Waals surface area contributed by atoms with E-state index in [4.69, 9.17) is 0 Å². The van der Waals surface area contributed by atoms with E-state index in [0.717, 1.165) is 0 Å². The molecule has 0 atom stereocenters. The molecule has 2 aromatic carbocycles. The van der Waals surface area contributed by atoms with Crippen molar-refractivity contribution in [2.75, 3.05) is 0 Å². The summed E-state index contributed by atoms with van der Waals surface area (Å²) in [7, 11) is 0. The van der Waals surface area contributed by atoms with Gasteiger partial charge in [-0.05, 0) is 11.1 Å². The predicted octanol–water partition coefficient (Wildman–Crippen LogP) is 3.99. The third-order valence-electron chi connectivity index (χ3n) is 3.97. The Morgan fingerprint density at radius 3 is 2.39 bits per heavy atom. The van der Waals surface area contributed by atoms with Crippen molar-refractivity contribution in [3.8, 4) is 23.3 Å². The second kappa shape index (κ2) is 8.21. The lowest BCUT2D eigenvalue weighted by atomic mass is 9.97. The zero-order chi connectivity index (χ0) is 20.1. The molecule has 7 nitrogen and oxygen atoms in total. The molecule has 1 N–H and O–H groups in total. The number of nitro benzene ring substituents is 1. The molecule has 8 heteroatoms. The van der Waals surface area contributed by atoms with E-state index in [-0.39, 0.29) is 22.4 Å². The maximum atomic E-state index is 12.4. The Morgan fingerprint density at radius 1 is 1.04 bits per heavy atom. The minimum Gasteiger partial charge on any atom is -0.315 e. The van der Waals surface area contributed by atoms with E-state index in [1.165, 1.54) is 23.9 Å². The van der Waals surface area contributed by atoms with Crippen LogP contribution in [0.3, 0.4) is 0 Å². The maximum Gasteiger partial charge on any atom is 0.269 e. The number of aromatic amines is 1. The number of non-ortho nitro benzene ring substituents is 1. The molecule has 0 saturated heterocycles. The minimum absolute atomic E-state index is 0.0306. The van der Waals surface area contributed by atoms with Crippen molar-refractivity contribution in [3.05, 3.63) is 91.8 Å². The fourth-order valence-electron chi connectivity index (χ4n) is 2.71. The molecular weight excluding hydrogens is 376 g/mol. The Labute approximate surface area is 164 Å². The topological polar surface area (TPSA) is 124 Å². The Morgan fingerprint density at radius 2 is 1.75 bits per heavy atom. The smallest absolute Gasteiger partial charge is 0.269 e. The van der Waals surface area contributed by atoms with Gasteiger partial charge < -0.3 is 4.98 Å². The third-order valence-corrected chi connectivity index (χ3v) is 5.04. The summed E-state index contributed by atoms with van der Waals surface area (Å²) in [6.07, 6.45) is 0. The van der Waals surface area contributed by atoms with Crippen molar-refractivity contribution in [1.29, 1.82) is 10.5 Å². The van der Waals surface area contributed by atoms with Crippen molar-refractivity contribution in [2.45, 2.75) is 10.8 Å². The van der Waals surface area contributed by atoms with Gasteiger partial charge in [0.25, 0.3) is 11.2 Å². The summed E-state index contributed by atoms with van der Waals surface area (Å²) in [5.41, 5.74) is 1.02. The van der Waals surface area contributed by atoms with Crippen LogP contribution in [0.5, 0.6) is 0 Å². The summed E-state index contributed by atoms with van der Waals surface area (Å²) in [6.45, 7) is 0. The van der Waals surface area contributed by atoms with Crippen LogP contribution in [-0.2, 0) is 5.75 Å². The molecule has 1 aromatic heterocycles. The molecule has 0 aliphatic carbocycles. The van der Waals surface area contributed by atoms with Crippen molar-refractivity contribution in [2.24, 2.45) is 0 Å². The number of hydrogen-bond acceptors (Lipinski definition) is 6. The number of H-pyrrole nitrogens is 1. The van der Waals surface area contributed by atoms with Crippen molar-refractivity contribution in [1.82, 2.24) is 4.98 Å². The van der Waals surface area contributed by atoms with E-state index in [1.54, 1.807) is 42.5 Å². The first-order chi connectivity index (χ1) is 13.5. The highest BCUT2D eigenvalue weighted by molar-refractivity contribution is 7.98. The highest BCUT2D eigenvalue weighted by atomic mass is 32.2. The van der Waals surface area contributed by atoms with Gasteiger partial charge in [0.15, 0.2) is 0 Å². The van der Waals surface area contributed by atoms with Crippen LogP contribution in [0.2, 0.25) is 0 Å². The molecule has 0 radical (unpaired) electrons. The van der Waals surface area contributed by atoms with E-state index in [1.807, 2.05) is 6.07 Å². The molecule has 0 aliphatic rings. The average molecular weight is 388 g/mol. The van der Waals surface area contributed by atoms with Crippen molar-refractivity contribution in [3.63, 3.8) is 0 Å². The lowest BCUT2D eigenvalue weighted by Gasteiger charge is -2.11. The number of thioether (sulfide) groups is 1. The Hall–Kier alpha value is -3.88. The SMILES string of the molecule is N#Cc1c(SCc2cccc([N+](=O)[O-])c2)[nH]c(=O)c(C#N)c1-c1ccccc1. The van der Waals surface area contributed by atoms with E-state index in [2.05, 4.69) is 11.1 Å². The van der Waals surface area contributed by atoms with Crippen LogP contribution in [0.15, 0.2) is 64.4 Å². The summed E-state index contributed by atoms with van der Waals surface area (Å²) >= 11 is 1.18. The number of nitrogens with zero attached hydrogens (tertiary/aromatic N) is 3. The van der Waals surface area contributed by atoms with Crippen LogP contribution in [0.1, 0.15) is 16.7 Å². The molecule has 28 heavy (non-hydrogen) atoms. The number of nitrogens with one attached hydrogen (secondary N) is 1. The molecule has 0 amide bonds. The highest BCUT2D eigenvalue weighted by Crippen LogP contribution is 2.32. The summed E-state index contributed by atoms with van der Waals surface area (Å²) in [5.74, 6) is 0.312. The number of nitro groups is 1. The van der Waals surface area contributed by atoms with Gasteiger partial charge in [0, 0.05) is 23.4 Å². The molecule has 0 aliphatic heterocycles. The number of aromatic nitrogens is 1. The average Bonchev–Trinajstić information content (AvgIpc) is 2.72. The van der Waals surface area contributed by atoms with Gasteiger partial charge in [-0.25, -0.2) is 0 Å². The van der Waals surface area contributed by atoms with Crippen LogP contribution in [0.25, 0.3) is 11.1 Å². The molecular formula is C20H12N4O3S. The van der Waals surface area contributed by atoms with E-state index < -0.39 is 10.5 Å². The predicted molar refractivity (Wildman–Crippen MR) is 105 cm³/mol. The third kappa shape index (κ3) is 3.78. The Balaban J connectivity index is 2.05. The first-order valence-electron chi connectivity index (χ1n) is 8.07. The lowest BCUT2D eigenvalue weighted by Crippen LogP contribution is -2.15. The van der Waals surface area contributed by atoms with Gasteiger partial charge in [0.05, 0.1) is 15.5 Å². The van der Waals surface area contributed by atoms with E-state index in [0.29, 0.717) is 21.9 Å². The van der Waals surface area contributed by atoms with Crippen LogP contribution in [0.4, 0.5) is 5.69 Å². The second-order valence-corrected chi connectivity index (χ2v) is 6.70. The van der Waals surface area contributed by atoms with Gasteiger partial charge in [0.1, 0.15) is 17.7 Å². The summed E-state index contributed by atoms with van der Waals surface area (Å²) in [6, 6.07) is 18.9. The zero-order valence-corrected chi connectivity index (χ0v) is 15.2. The number of benzene rings is 2. The minimum atomic E-state index is -0.582. The monoisotopic (exact) mass is 388 g/mol. The van der Waals surface area contributed by atoms with Crippen LogP contribution in [0, 0.1) is 32.8 Å². The van der Waals surface area contributed by atoms with Gasteiger partial charge in [-0.2, -0.15) is 10.5 Å². The summed E-state index contributed by atoms with van der Waals surface area (Å²) in [4.78, 5) is 25.4. The molecule has 0 saturated carbocycles. The van der Waals surface area contributed by atoms with Crippen LogP contribution >= 0.6 is 11.8 Å². The number of hydrogen-bond donors (Lipinski definition) is 1. The van der Waals surface area contributed by atoms with E-state index >= 15 is 0 Å². The lowest BCUT2D eigenvalue weighted by molar-refractivity contribution is -0.384. The molecule has 1 heterocycles. The first kappa shape index (κ1) is 18.9. The molecule has 3 aromatic rings. The molecule has 136 valence electrons. The number of rotatable bonds is 5. The molecule has 0 fully saturated rings. The molecule has 0 bridgehead atoms. The fourth-order valence-corrected chi connectivity index (χ4v) is 3.66. The number of pyridine rings is 1. The van der Waals surface area contributed by atoms with Gasteiger partial charge >= 0.3 is 0 Å². The second-order valence-electron chi connectivity index (χ2n) is 5.71. The highest BCUT2D eigenvalue weighted by Gasteiger charge is 2.19. The van der Waals surface area contributed by atoms with Crippen LogP contribution < -0.4 is 5.56 Å². The maximum absolute atomic E-state index is 12.4.